The van der Waals surface area contributed by atoms with Crippen LogP contribution in [-0.4, -0.2) is 20.0 Å². The molecule has 3 rings (SSSR count). The van der Waals surface area contributed by atoms with Crippen molar-refractivity contribution in [2.45, 2.75) is 19.0 Å². The quantitative estimate of drug-likeness (QED) is 0.738. The first-order valence-electron chi connectivity index (χ1n) is 8.01. The molecule has 136 valence electrons. The van der Waals surface area contributed by atoms with Crippen LogP contribution in [0.3, 0.4) is 0 Å². The number of ether oxygens (including phenoxy) is 2. The van der Waals surface area contributed by atoms with Crippen LogP contribution in [0.5, 0.6) is 11.5 Å². The number of hydrogen-bond donors (Lipinski definition) is 0. The topological polar surface area (TPSA) is 35.5 Å². The molecule has 0 atom stereocenters. The molecule has 0 unspecified atom stereocenters. The van der Waals surface area contributed by atoms with E-state index >= 15 is 0 Å². The molecular weight excluding hydrogens is 345 g/mol. The normalized spacial score (nSPS) is 15.7. The van der Waals surface area contributed by atoms with Gasteiger partial charge >= 0.3 is 6.18 Å². The van der Waals surface area contributed by atoms with Crippen molar-refractivity contribution < 1.29 is 27.4 Å². The van der Waals surface area contributed by atoms with Gasteiger partial charge in [0.15, 0.2) is 5.78 Å². The Morgan fingerprint density at radius 2 is 1.69 bits per heavy atom. The summed E-state index contributed by atoms with van der Waals surface area (Å²) in [4.78, 5) is 12.5. The van der Waals surface area contributed by atoms with E-state index < -0.39 is 11.7 Å². The highest BCUT2D eigenvalue weighted by atomic mass is 19.4. The minimum atomic E-state index is -4.39. The lowest BCUT2D eigenvalue weighted by Crippen LogP contribution is -2.14. The van der Waals surface area contributed by atoms with Crippen molar-refractivity contribution in [3.63, 3.8) is 0 Å². The van der Waals surface area contributed by atoms with E-state index in [0.29, 0.717) is 41.0 Å². The van der Waals surface area contributed by atoms with Crippen molar-refractivity contribution in [1.82, 2.24) is 0 Å². The van der Waals surface area contributed by atoms with Crippen LogP contribution >= 0.6 is 0 Å². The SMILES string of the molecule is COc1cc(OC)c2c(c1)/C(=C\c1ccc(C(F)(F)F)cc1)C(=O)CC2. The van der Waals surface area contributed by atoms with Crippen molar-refractivity contribution in [1.29, 1.82) is 0 Å². The number of hydrogen-bond acceptors (Lipinski definition) is 3. The third kappa shape index (κ3) is 3.45. The monoisotopic (exact) mass is 362 g/mol. The van der Waals surface area contributed by atoms with Crippen LogP contribution in [0.15, 0.2) is 36.4 Å². The molecule has 0 radical (unpaired) electrons. The number of rotatable bonds is 3. The van der Waals surface area contributed by atoms with E-state index in [-0.39, 0.29) is 5.78 Å². The molecule has 0 fully saturated rings. The number of ketones is 1. The number of allylic oxidation sites excluding steroid dienone is 1. The Kier molecular flexibility index (Phi) is 4.76. The standard InChI is InChI=1S/C20H17F3O3/c1-25-14-10-16-15(19(11-14)26-2)7-8-18(24)17(16)9-12-3-5-13(6-4-12)20(21,22)23/h3-6,9-11H,7-8H2,1-2H3/b17-9+. The highest BCUT2D eigenvalue weighted by Crippen LogP contribution is 2.39. The van der Waals surface area contributed by atoms with Crippen LogP contribution in [0, 0.1) is 0 Å². The van der Waals surface area contributed by atoms with Gasteiger partial charge in [-0.2, -0.15) is 13.2 Å². The molecule has 0 saturated heterocycles. The molecule has 0 aliphatic heterocycles. The van der Waals surface area contributed by atoms with Crippen LogP contribution in [0.2, 0.25) is 0 Å². The molecule has 1 aliphatic rings. The summed E-state index contributed by atoms with van der Waals surface area (Å²) in [6.07, 6.45) is -1.91. The summed E-state index contributed by atoms with van der Waals surface area (Å²) in [6, 6.07) is 8.23. The average Bonchev–Trinajstić information content (AvgIpc) is 2.62. The van der Waals surface area contributed by atoms with Crippen molar-refractivity contribution in [3.8, 4) is 11.5 Å². The molecule has 3 nitrogen and oxygen atoms in total. The Morgan fingerprint density at radius 1 is 1.00 bits per heavy atom. The third-order valence-corrected chi connectivity index (χ3v) is 4.38. The summed E-state index contributed by atoms with van der Waals surface area (Å²) in [6.45, 7) is 0. The molecule has 0 heterocycles. The van der Waals surface area contributed by atoms with Gasteiger partial charge in [-0.25, -0.2) is 0 Å². The minimum absolute atomic E-state index is 0.0623. The fourth-order valence-electron chi connectivity index (χ4n) is 3.03. The highest BCUT2D eigenvalue weighted by molar-refractivity contribution is 6.26. The molecule has 0 aromatic heterocycles. The van der Waals surface area contributed by atoms with Crippen LogP contribution < -0.4 is 9.47 Å². The van der Waals surface area contributed by atoms with Gasteiger partial charge in [0.2, 0.25) is 0 Å². The molecule has 2 aromatic carbocycles. The van der Waals surface area contributed by atoms with E-state index in [1.54, 1.807) is 25.3 Å². The van der Waals surface area contributed by atoms with Crippen LogP contribution in [-0.2, 0) is 17.4 Å². The lowest BCUT2D eigenvalue weighted by molar-refractivity contribution is -0.137. The number of Topliss-reactive ketones (excluding diaryl/α,β-unsaturated/α-hetero) is 1. The van der Waals surface area contributed by atoms with Crippen LogP contribution in [0.25, 0.3) is 11.6 Å². The number of halogens is 3. The minimum Gasteiger partial charge on any atom is -0.497 e. The Bertz CT molecular complexity index is 865. The van der Waals surface area contributed by atoms with Crippen molar-refractivity contribution in [2.75, 3.05) is 14.2 Å². The fraction of sp³-hybridized carbons (Fsp3) is 0.250. The van der Waals surface area contributed by atoms with E-state index in [9.17, 15) is 18.0 Å². The van der Waals surface area contributed by atoms with Crippen LogP contribution in [0.1, 0.15) is 28.7 Å². The summed E-state index contributed by atoms with van der Waals surface area (Å²) in [5, 5.41) is 0. The Balaban J connectivity index is 2.08. The maximum atomic E-state index is 12.7. The van der Waals surface area contributed by atoms with Gasteiger partial charge in [-0.1, -0.05) is 12.1 Å². The summed E-state index contributed by atoms with van der Waals surface area (Å²) in [7, 11) is 3.07. The predicted molar refractivity (Wildman–Crippen MR) is 92.2 cm³/mol. The van der Waals surface area contributed by atoms with E-state index in [2.05, 4.69) is 0 Å². The van der Waals surface area contributed by atoms with Gasteiger partial charge in [0.1, 0.15) is 11.5 Å². The average molecular weight is 362 g/mol. The Hall–Kier alpha value is -2.76. The molecule has 0 amide bonds. The van der Waals surface area contributed by atoms with E-state index in [1.807, 2.05) is 0 Å². The van der Waals surface area contributed by atoms with E-state index in [4.69, 9.17) is 9.47 Å². The summed E-state index contributed by atoms with van der Waals surface area (Å²) in [5.74, 6) is 1.12. The number of carbonyl (C=O) groups is 1. The van der Waals surface area contributed by atoms with Gasteiger partial charge in [0.05, 0.1) is 19.8 Å². The third-order valence-electron chi connectivity index (χ3n) is 4.38. The highest BCUT2D eigenvalue weighted by Gasteiger charge is 2.30. The second kappa shape index (κ2) is 6.86. The molecule has 26 heavy (non-hydrogen) atoms. The Labute approximate surface area is 149 Å². The molecular formula is C20H17F3O3. The van der Waals surface area contributed by atoms with E-state index in [1.165, 1.54) is 19.2 Å². The molecule has 2 aromatic rings. The molecule has 0 N–H and O–H groups in total. The second-order valence-electron chi connectivity index (χ2n) is 5.96. The maximum absolute atomic E-state index is 12.7. The largest absolute Gasteiger partial charge is 0.497 e. The number of fused-ring (bicyclic) bond motifs is 1. The predicted octanol–water partition coefficient (Wildman–Crippen LogP) is 4.78. The van der Waals surface area contributed by atoms with Gasteiger partial charge in [-0.05, 0) is 41.8 Å². The zero-order chi connectivity index (χ0) is 18.9. The van der Waals surface area contributed by atoms with Gasteiger partial charge in [0.25, 0.3) is 0 Å². The molecule has 6 heteroatoms. The van der Waals surface area contributed by atoms with Crippen molar-refractivity contribution >= 4 is 17.4 Å². The first kappa shape index (κ1) is 18.0. The number of benzene rings is 2. The lowest BCUT2D eigenvalue weighted by Gasteiger charge is -2.21. The molecule has 1 aliphatic carbocycles. The fourth-order valence-corrected chi connectivity index (χ4v) is 3.03. The first-order valence-corrected chi connectivity index (χ1v) is 8.01. The van der Waals surface area contributed by atoms with Gasteiger partial charge in [-0.3, -0.25) is 4.79 Å². The number of carbonyl (C=O) groups excluding carboxylic acids is 1. The molecule has 0 saturated carbocycles. The molecule has 0 bridgehead atoms. The summed E-state index contributed by atoms with van der Waals surface area (Å²) < 4.78 is 48.8. The van der Waals surface area contributed by atoms with Gasteiger partial charge in [0, 0.05) is 23.6 Å². The first-order chi connectivity index (χ1) is 12.3. The van der Waals surface area contributed by atoms with Gasteiger partial charge in [-0.15, -0.1) is 0 Å². The molecule has 0 spiro atoms. The number of alkyl halides is 3. The number of methoxy groups -OCH3 is 2. The lowest BCUT2D eigenvalue weighted by atomic mass is 9.84. The van der Waals surface area contributed by atoms with E-state index in [0.717, 1.165) is 17.7 Å². The van der Waals surface area contributed by atoms with Crippen molar-refractivity contribution in [2.24, 2.45) is 0 Å². The zero-order valence-electron chi connectivity index (χ0n) is 14.3. The van der Waals surface area contributed by atoms with Crippen molar-refractivity contribution in [3.05, 3.63) is 58.7 Å². The maximum Gasteiger partial charge on any atom is 0.416 e. The second-order valence-corrected chi connectivity index (χ2v) is 5.96. The van der Waals surface area contributed by atoms with Crippen LogP contribution in [0.4, 0.5) is 13.2 Å². The Morgan fingerprint density at radius 3 is 2.27 bits per heavy atom. The van der Waals surface area contributed by atoms with Gasteiger partial charge < -0.3 is 9.47 Å². The summed E-state index contributed by atoms with van der Waals surface area (Å²) >= 11 is 0. The zero-order valence-corrected chi connectivity index (χ0v) is 14.3. The smallest absolute Gasteiger partial charge is 0.416 e. The summed E-state index contributed by atoms with van der Waals surface area (Å²) in [5.41, 5.74) is 1.83.